The number of rotatable bonds is 8. The summed E-state index contributed by atoms with van der Waals surface area (Å²) >= 11 is 0. The smallest absolute Gasteiger partial charge is 0.274 e. The zero-order chi connectivity index (χ0) is 33.5. The van der Waals surface area contributed by atoms with E-state index in [4.69, 9.17) is 10.1 Å². The largest absolute Gasteiger partial charge is 0.317 e. The van der Waals surface area contributed by atoms with Crippen molar-refractivity contribution in [2.45, 2.75) is 73.0 Å². The van der Waals surface area contributed by atoms with Gasteiger partial charge in [0.05, 0.1) is 16.9 Å². The van der Waals surface area contributed by atoms with Crippen molar-refractivity contribution in [2.24, 2.45) is 0 Å². The minimum atomic E-state index is 0.0474. The van der Waals surface area contributed by atoms with Gasteiger partial charge in [-0.25, -0.2) is 9.55 Å². The summed E-state index contributed by atoms with van der Waals surface area (Å²) in [5.41, 5.74) is 11.8. The molecule has 1 unspecified atom stereocenters. The lowest BCUT2D eigenvalue weighted by Crippen LogP contribution is -2.36. The van der Waals surface area contributed by atoms with Gasteiger partial charge in [0.15, 0.2) is 5.82 Å². The maximum absolute atomic E-state index is 5.43. The van der Waals surface area contributed by atoms with E-state index in [2.05, 4.69) is 177 Å². The third-order valence-corrected chi connectivity index (χ3v) is 9.61. The molecule has 0 fully saturated rings. The molecule has 1 atom stereocenters. The maximum Gasteiger partial charge on any atom is 0.274 e. The van der Waals surface area contributed by atoms with E-state index < -0.39 is 0 Å². The predicted molar refractivity (Wildman–Crippen MR) is 197 cm³/mol. The molecule has 0 bridgehead atoms. The van der Waals surface area contributed by atoms with Crippen molar-refractivity contribution < 1.29 is 4.57 Å². The number of anilines is 4. The second-order valence-electron chi connectivity index (χ2n) is 13.5. The Morgan fingerprint density at radius 3 is 1.98 bits per heavy atom. The molecule has 0 amide bonds. The fraction of sp³-hybridized carbons (Fsp3) is 0.262. The van der Waals surface area contributed by atoms with E-state index in [0.717, 1.165) is 34.3 Å². The molecular formula is C42H45N6+. The summed E-state index contributed by atoms with van der Waals surface area (Å²) in [5.74, 6) is 2.72. The van der Waals surface area contributed by atoms with E-state index in [1.807, 2.05) is 6.33 Å². The Labute approximate surface area is 285 Å². The van der Waals surface area contributed by atoms with Crippen LogP contribution in [-0.2, 0) is 6.54 Å². The Bertz CT molecular complexity index is 2050. The highest BCUT2D eigenvalue weighted by atomic mass is 15.4. The van der Waals surface area contributed by atoms with Crippen molar-refractivity contribution in [2.75, 3.05) is 9.80 Å². The number of aromatic nitrogens is 4. The minimum Gasteiger partial charge on any atom is -0.317 e. The van der Waals surface area contributed by atoms with Crippen LogP contribution < -0.4 is 14.4 Å². The van der Waals surface area contributed by atoms with E-state index in [-0.39, 0.29) is 6.17 Å². The van der Waals surface area contributed by atoms with Crippen LogP contribution in [0.4, 0.5) is 22.9 Å². The van der Waals surface area contributed by atoms with E-state index in [1.165, 1.54) is 33.6 Å². The number of fused-ring (bicyclic) bond motifs is 1. The molecule has 242 valence electrons. The number of hydrogen-bond donors (Lipinski definition) is 0. The van der Waals surface area contributed by atoms with Gasteiger partial charge in [-0.2, -0.15) is 0 Å². The molecule has 1 aliphatic heterocycles. The molecule has 48 heavy (non-hydrogen) atoms. The summed E-state index contributed by atoms with van der Waals surface area (Å²) in [4.78, 5) is 10.2. The van der Waals surface area contributed by atoms with Crippen LogP contribution in [0.3, 0.4) is 0 Å². The highest BCUT2D eigenvalue weighted by Gasteiger charge is 2.37. The zero-order valence-corrected chi connectivity index (χ0v) is 29.1. The van der Waals surface area contributed by atoms with Gasteiger partial charge in [0, 0.05) is 16.5 Å². The molecule has 0 saturated carbocycles. The highest BCUT2D eigenvalue weighted by Crippen LogP contribution is 2.47. The Kier molecular flexibility index (Phi) is 8.34. The first-order chi connectivity index (χ1) is 23.2. The topological polar surface area (TPSA) is 41.1 Å². The van der Waals surface area contributed by atoms with Gasteiger partial charge in [-0.1, -0.05) is 105 Å². The van der Waals surface area contributed by atoms with Gasteiger partial charge in [-0.15, -0.1) is 0 Å². The molecule has 0 saturated heterocycles. The van der Waals surface area contributed by atoms with Gasteiger partial charge in [-0.05, 0) is 91.3 Å². The van der Waals surface area contributed by atoms with Crippen LogP contribution in [0.1, 0.15) is 74.4 Å². The average Bonchev–Trinajstić information content (AvgIpc) is 3.62. The summed E-state index contributed by atoms with van der Waals surface area (Å²) in [5, 5.41) is 5.13. The quantitative estimate of drug-likeness (QED) is 0.157. The van der Waals surface area contributed by atoms with Crippen LogP contribution in [0.2, 0.25) is 0 Å². The lowest BCUT2D eigenvalue weighted by molar-refractivity contribution is -0.678. The molecular weight excluding hydrogens is 589 g/mol. The SMILES string of the molecule is Cc1ccccc1-c1n(-c2c(C(C)C)cccc2C(C)C)nc[n+]1Cc1ccc2c(n1)N(c1ccccc1C)C(C)N2c1ccccc1. The summed E-state index contributed by atoms with van der Waals surface area (Å²) in [6, 6.07) is 38.9. The normalized spacial score (nSPS) is 14.3. The Morgan fingerprint density at radius 1 is 0.667 bits per heavy atom. The van der Waals surface area contributed by atoms with Crippen LogP contribution >= 0.6 is 0 Å². The minimum absolute atomic E-state index is 0.0474. The molecule has 0 spiro atoms. The first kappa shape index (κ1) is 31.4. The molecule has 6 nitrogen and oxygen atoms in total. The van der Waals surface area contributed by atoms with Gasteiger partial charge < -0.3 is 9.80 Å². The summed E-state index contributed by atoms with van der Waals surface area (Å²) in [6.07, 6.45) is 2.03. The van der Waals surface area contributed by atoms with Crippen molar-refractivity contribution in [1.29, 1.82) is 0 Å². The summed E-state index contributed by atoms with van der Waals surface area (Å²) < 4.78 is 4.45. The first-order valence-electron chi connectivity index (χ1n) is 17.1. The van der Waals surface area contributed by atoms with Crippen LogP contribution in [0.15, 0.2) is 116 Å². The van der Waals surface area contributed by atoms with Crippen LogP contribution in [0, 0.1) is 13.8 Å². The molecule has 0 aliphatic carbocycles. The second-order valence-corrected chi connectivity index (χ2v) is 13.5. The zero-order valence-electron chi connectivity index (χ0n) is 29.1. The van der Waals surface area contributed by atoms with E-state index in [1.54, 1.807) is 0 Å². The monoisotopic (exact) mass is 633 g/mol. The fourth-order valence-electron chi connectivity index (χ4n) is 7.17. The number of pyridine rings is 1. The second kappa shape index (κ2) is 12.8. The van der Waals surface area contributed by atoms with Crippen LogP contribution in [-0.4, -0.2) is 20.9 Å². The van der Waals surface area contributed by atoms with Crippen molar-refractivity contribution in [3.63, 3.8) is 0 Å². The number of nitrogens with zero attached hydrogens (tertiary/aromatic N) is 6. The van der Waals surface area contributed by atoms with E-state index in [0.29, 0.717) is 18.4 Å². The predicted octanol–water partition coefficient (Wildman–Crippen LogP) is 9.77. The molecule has 4 aromatic carbocycles. The number of para-hydroxylation sites is 3. The Hall–Kier alpha value is -5.23. The molecule has 1 aliphatic rings. The molecule has 2 aromatic heterocycles. The number of benzene rings is 4. The van der Waals surface area contributed by atoms with E-state index >= 15 is 0 Å². The number of aryl methyl sites for hydroxylation is 2. The van der Waals surface area contributed by atoms with Crippen LogP contribution in [0.25, 0.3) is 17.1 Å². The third-order valence-electron chi connectivity index (χ3n) is 9.61. The molecule has 7 rings (SSSR count). The third kappa shape index (κ3) is 5.45. The fourth-order valence-corrected chi connectivity index (χ4v) is 7.17. The van der Waals surface area contributed by atoms with Gasteiger partial charge in [0.2, 0.25) is 0 Å². The van der Waals surface area contributed by atoms with Gasteiger partial charge >= 0.3 is 0 Å². The Balaban J connectivity index is 1.39. The molecule has 0 radical (unpaired) electrons. The van der Waals surface area contributed by atoms with Crippen LogP contribution in [0.5, 0.6) is 0 Å². The van der Waals surface area contributed by atoms with Crippen molar-refractivity contribution in [3.8, 4) is 17.1 Å². The highest BCUT2D eigenvalue weighted by molar-refractivity contribution is 5.86. The van der Waals surface area contributed by atoms with Crippen molar-refractivity contribution in [3.05, 3.63) is 143 Å². The van der Waals surface area contributed by atoms with Gasteiger partial charge in [0.1, 0.15) is 18.4 Å². The maximum atomic E-state index is 5.43. The Morgan fingerprint density at radius 2 is 1.31 bits per heavy atom. The molecule has 6 aromatic rings. The van der Waals surface area contributed by atoms with E-state index in [9.17, 15) is 0 Å². The molecule has 6 heteroatoms. The molecule has 0 N–H and O–H groups in total. The standard InChI is InChI=1S/C42H45N6/c1-28(2)35-21-15-22-36(29(3)4)40(35)48-42(37-20-13-11-16-30(37)5)45(27-43-48)26-33-24-25-39-41(44-33)47(38-23-14-12-17-31(38)6)32(7)46(39)34-18-9-8-10-19-34/h8-25,27-29,32H,26H2,1-7H3/q+1. The lowest BCUT2D eigenvalue weighted by Gasteiger charge is -2.30. The van der Waals surface area contributed by atoms with Gasteiger partial charge in [-0.3, -0.25) is 0 Å². The first-order valence-corrected chi connectivity index (χ1v) is 17.1. The van der Waals surface area contributed by atoms with Crippen molar-refractivity contribution >= 4 is 22.9 Å². The average molecular weight is 634 g/mol. The summed E-state index contributed by atoms with van der Waals surface area (Å²) in [7, 11) is 0. The lowest BCUT2D eigenvalue weighted by atomic mass is 9.92. The van der Waals surface area contributed by atoms with Gasteiger partial charge in [0.25, 0.3) is 12.2 Å². The number of hydrogen-bond acceptors (Lipinski definition) is 4. The van der Waals surface area contributed by atoms with Crippen molar-refractivity contribution in [1.82, 2.24) is 14.8 Å². The summed E-state index contributed by atoms with van der Waals surface area (Å²) in [6.45, 7) is 16.3. The molecule has 3 heterocycles.